The Kier molecular flexibility index (Phi) is 5.30. The molecule has 2 aromatic heterocycles. The largest absolute Gasteiger partial charge is 0.361 e. The molecule has 2 aromatic rings. The monoisotopic (exact) mass is 348 g/mol. The van der Waals surface area contributed by atoms with E-state index in [4.69, 9.17) is 4.52 Å². The number of amides is 1. The van der Waals surface area contributed by atoms with Gasteiger partial charge in [-0.25, -0.2) is 4.98 Å². The van der Waals surface area contributed by atoms with E-state index in [-0.39, 0.29) is 5.91 Å². The van der Waals surface area contributed by atoms with Gasteiger partial charge in [0.25, 0.3) is 5.91 Å². The first-order chi connectivity index (χ1) is 11.6. The Balaban J connectivity index is 1.53. The van der Waals surface area contributed by atoms with Gasteiger partial charge in [-0.15, -0.1) is 11.3 Å². The minimum absolute atomic E-state index is 0.0524. The maximum atomic E-state index is 12.6. The molecule has 0 saturated carbocycles. The van der Waals surface area contributed by atoms with Gasteiger partial charge in [-0.05, 0) is 26.3 Å². The van der Waals surface area contributed by atoms with Crippen LogP contribution in [0, 0.1) is 12.8 Å². The summed E-state index contributed by atoms with van der Waals surface area (Å²) >= 11 is 1.71. The molecule has 0 aromatic carbocycles. The minimum atomic E-state index is 0.0524. The summed E-state index contributed by atoms with van der Waals surface area (Å²) in [5, 5.41) is 3.77. The molecule has 1 saturated heterocycles. The average molecular weight is 348 g/mol. The van der Waals surface area contributed by atoms with Gasteiger partial charge in [0.1, 0.15) is 11.3 Å². The van der Waals surface area contributed by atoms with E-state index in [0.29, 0.717) is 23.7 Å². The van der Waals surface area contributed by atoms with Crippen molar-refractivity contribution in [2.45, 2.75) is 33.2 Å². The standard InChI is InChI=1S/C17H24N4O2S/c1-4-15-14(7-19-23-15)17(22)21-6-5-13(9-21)8-20(3)10-16-12(2)18-11-24-16/h7,11,13H,4-6,8-10H2,1-3H3/t13-/m0/s1. The molecule has 0 spiro atoms. The summed E-state index contributed by atoms with van der Waals surface area (Å²) in [5.74, 6) is 1.25. The van der Waals surface area contributed by atoms with Crippen molar-refractivity contribution in [3.63, 3.8) is 0 Å². The molecule has 0 N–H and O–H groups in total. The van der Waals surface area contributed by atoms with E-state index in [1.165, 1.54) is 4.88 Å². The molecule has 0 bridgehead atoms. The van der Waals surface area contributed by atoms with Crippen LogP contribution in [0.2, 0.25) is 0 Å². The number of aromatic nitrogens is 2. The molecule has 6 nitrogen and oxygen atoms in total. The van der Waals surface area contributed by atoms with Crippen molar-refractivity contribution in [2.24, 2.45) is 5.92 Å². The summed E-state index contributed by atoms with van der Waals surface area (Å²) in [7, 11) is 2.14. The Labute approximate surface area is 146 Å². The molecule has 3 rings (SSSR count). The number of nitrogens with zero attached hydrogens (tertiary/aromatic N) is 4. The highest BCUT2D eigenvalue weighted by atomic mass is 32.1. The van der Waals surface area contributed by atoms with Crippen LogP contribution in [0.5, 0.6) is 0 Å². The lowest BCUT2D eigenvalue weighted by molar-refractivity contribution is 0.0782. The first-order valence-corrected chi connectivity index (χ1v) is 9.26. The molecule has 1 amide bonds. The predicted molar refractivity (Wildman–Crippen MR) is 93.1 cm³/mol. The van der Waals surface area contributed by atoms with Crippen LogP contribution in [0.4, 0.5) is 0 Å². The van der Waals surface area contributed by atoms with Gasteiger partial charge < -0.3 is 14.3 Å². The number of carbonyl (C=O) groups is 1. The number of thiazole rings is 1. The van der Waals surface area contributed by atoms with Crippen molar-refractivity contribution in [3.8, 4) is 0 Å². The predicted octanol–water partition coefficient (Wildman–Crippen LogP) is 2.60. The van der Waals surface area contributed by atoms with Gasteiger partial charge in [0.2, 0.25) is 0 Å². The smallest absolute Gasteiger partial charge is 0.259 e. The van der Waals surface area contributed by atoms with Gasteiger partial charge in [0.15, 0.2) is 0 Å². The Hall–Kier alpha value is -1.73. The average Bonchev–Trinajstić information content (AvgIpc) is 3.28. The molecule has 130 valence electrons. The molecule has 1 aliphatic heterocycles. The molecular weight excluding hydrogens is 324 g/mol. The Morgan fingerprint density at radius 2 is 2.38 bits per heavy atom. The molecule has 0 aliphatic carbocycles. The lowest BCUT2D eigenvalue weighted by Crippen LogP contribution is -2.31. The van der Waals surface area contributed by atoms with E-state index < -0.39 is 0 Å². The molecule has 1 atom stereocenters. The molecule has 3 heterocycles. The van der Waals surface area contributed by atoms with Crippen LogP contribution in [-0.4, -0.2) is 52.5 Å². The van der Waals surface area contributed by atoms with Crippen LogP contribution in [0.15, 0.2) is 16.2 Å². The third kappa shape index (κ3) is 3.67. The van der Waals surface area contributed by atoms with Crippen LogP contribution in [0.25, 0.3) is 0 Å². The summed E-state index contributed by atoms with van der Waals surface area (Å²) in [4.78, 5) is 22.5. The van der Waals surface area contributed by atoms with Gasteiger partial charge in [-0.2, -0.15) is 0 Å². The zero-order chi connectivity index (χ0) is 17.1. The van der Waals surface area contributed by atoms with Crippen LogP contribution < -0.4 is 0 Å². The molecule has 7 heteroatoms. The Morgan fingerprint density at radius 3 is 3.08 bits per heavy atom. The van der Waals surface area contributed by atoms with Crippen molar-refractivity contribution in [2.75, 3.05) is 26.7 Å². The molecule has 1 fully saturated rings. The maximum Gasteiger partial charge on any atom is 0.259 e. The quantitative estimate of drug-likeness (QED) is 0.803. The van der Waals surface area contributed by atoms with Crippen molar-refractivity contribution in [1.82, 2.24) is 19.9 Å². The third-order valence-corrected chi connectivity index (χ3v) is 5.52. The number of aryl methyl sites for hydroxylation is 2. The highest BCUT2D eigenvalue weighted by Crippen LogP contribution is 2.22. The van der Waals surface area contributed by atoms with Crippen molar-refractivity contribution >= 4 is 17.2 Å². The zero-order valence-corrected chi connectivity index (χ0v) is 15.3. The second-order valence-electron chi connectivity index (χ2n) is 6.48. The lowest BCUT2D eigenvalue weighted by Gasteiger charge is -2.21. The van der Waals surface area contributed by atoms with Gasteiger partial charge in [-0.3, -0.25) is 4.79 Å². The van der Waals surface area contributed by atoms with Gasteiger partial charge >= 0.3 is 0 Å². The fraction of sp³-hybridized carbons (Fsp3) is 0.588. The molecular formula is C17H24N4O2S. The SMILES string of the molecule is CCc1oncc1C(=O)N1CC[C@@H](CN(C)Cc2scnc2C)C1. The van der Waals surface area contributed by atoms with E-state index in [1.807, 2.05) is 17.3 Å². The third-order valence-electron chi connectivity index (χ3n) is 4.60. The number of hydrogen-bond acceptors (Lipinski definition) is 6. The van der Waals surface area contributed by atoms with E-state index >= 15 is 0 Å². The first-order valence-electron chi connectivity index (χ1n) is 8.38. The van der Waals surface area contributed by atoms with Gasteiger partial charge in [-0.1, -0.05) is 12.1 Å². The summed E-state index contributed by atoms with van der Waals surface area (Å²) in [6.07, 6.45) is 3.28. The number of likely N-dealkylation sites (tertiary alicyclic amines) is 1. The van der Waals surface area contributed by atoms with Crippen LogP contribution in [0.3, 0.4) is 0 Å². The second kappa shape index (κ2) is 7.44. The maximum absolute atomic E-state index is 12.6. The highest BCUT2D eigenvalue weighted by molar-refractivity contribution is 7.09. The second-order valence-corrected chi connectivity index (χ2v) is 7.42. The summed E-state index contributed by atoms with van der Waals surface area (Å²) in [6.45, 7) is 7.56. The van der Waals surface area contributed by atoms with Crippen molar-refractivity contribution < 1.29 is 9.32 Å². The Bertz CT molecular complexity index is 696. The summed E-state index contributed by atoms with van der Waals surface area (Å²) in [6, 6.07) is 0. The fourth-order valence-electron chi connectivity index (χ4n) is 3.26. The van der Waals surface area contributed by atoms with Crippen LogP contribution in [-0.2, 0) is 13.0 Å². The topological polar surface area (TPSA) is 62.5 Å². The van der Waals surface area contributed by atoms with Gasteiger partial charge in [0.05, 0.1) is 17.4 Å². The number of hydrogen-bond donors (Lipinski definition) is 0. The van der Waals surface area contributed by atoms with E-state index in [2.05, 4.69) is 29.0 Å². The number of rotatable bonds is 6. The lowest BCUT2D eigenvalue weighted by atomic mass is 10.1. The molecule has 0 unspecified atom stereocenters. The normalized spacial score (nSPS) is 17.8. The van der Waals surface area contributed by atoms with E-state index in [9.17, 15) is 4.79 Å². The fourth-order valence-corrected chi connectivity index (χ4v) is 4.11. The Morgan fingerprint density at radius 1 is 1.54 bits per heavy atom. The van der Waals surface area contributed by atoms with E-state index in [0.717, 1.165) is 38.3 Å². The molecule has 24 heavy (non-hydrogen) atoms. The zero-order valence-electron chi connectivity index (χ0n) is 14.5. The number of carbonyl (C=O) groups excluding carboxylic acids is 1. The molecule has 0 radical (unpaired) electrons. The first kappa shape index (κ1) is 17.1. The van der Waals surface area contributed by atoms with Crippen molar-refractivity contribution in [3.05, 3.63) is 33.6 Å². The van der Waals surface area contributed by atoms with Crippen molar-refractivity contribution in [1.29, 1.82) is 0 Å². The summed E-state index contributed by atoms with van der Waals surface area (Å²) < 4.78 is 5.15. The van der Waals surface area contributed by atoms with Crippen LogP contribution >= 0.6 is 11.3 Å². The van der Waals surface area contributed by atoms with E-state index in [1.54, 1.807) is 17.5 Å². The molecule has 1 aliphatic rings. The highest BCUT2D eigenvalue weighted by Gasteiger charge is 2.29. The van der Waals surface area contributed by atoms with Crippen LogP contribution in [0.1, 0.15) is 40.0 Å². The van der Waals surface area contributed by atoms with Gasteiger partial charge in [0, 0.05) is 37.5 Å². The minimum Gasteiger partial charge on any atom is -0.361 e. The summed E-state index contributed by atoms with van der Waals surface area (Å²) in [5.41, 5.74) is 3.64.